The summed E-state index contributed by atoms with van der Waals surface area (Å²) in [6, 6.07) is 7.14. The second-order valence-corrected chi connectivity index (χ2v) is 17.2. The zero-order valence-corrected chi connectivity index (χ0v) is 32.7. The smallest absolute Gasteiger partial charge is 0.378 e. The van der Waals surface area contributed by atoms with E-state index in [1.807, 2.05) is 0 Å². The number of rotatable bonds is 9. The van der Waals surface area contributed by atoms with Crippen LogP contribution in [0.2, 0.25) is 5.02 Å². The van der Waals surface area contributed by atoms with Gasteiger partial charge in [-0.05, 0) is 68.0 Å². The first kappa shape index (κ1) is 41.0. The molecule has 11 nitrogen and oxygen atoms in total. The molecule has 58 heavy (non-hydrogen) atoms. The van der Waals surface area contributed by atoms with Gasteiger partial charge < -0.3 is 10.4 Å². The molecule has 3 N–H and O–H groups in total. The summed E-state index contributed by atoms with van der Waals surface area (Å²) in [5, 5.41) is 20.9. The Balaban J connectivity index is 1.39. The zero-order valence-electron chi connectivity index (χ0n) is 31.1. The number of anilines is 1. The minimum atomic E-state index is -5.10. The summed E-state index contributed by atoms with van der Waals surface area (Å²) >= 11 is 6.56. The van der Waals surface area contributed by atoms with Gasteiger partial charge in [-0.1, -0.05) is 30.5 Å². The molecule has 1 amide bonds. The molecule has 2 aliphatic carbocycles. The fourth-order valence-electron chi connectivity index (χ4n) is 7.74. The van der Waals surface area contributed by atoms with Crippen molar-refractivity contribution in [2.24, 2.45) is 18.9 Å². The lowest BCUT2D eigenvalue weighted by Crippen LogP contribution is -2.35. The van der Waals surface area contributed by atoms with Gasteiger partial charge in [-0.15, -0.1) is 0 Å². The van der Waals surface area contributed by atoms with Crippen molar-refractivity contribution in [2.45, 2.75) is 63.4 Å². The van der Waals surface area contributed by atoms with Crippen molar-refractivity contribution in [1.29, 1.82) is 0 Å². The monoisotopic (exact) mass is 851 g/mol. The number of aliphatic hydroxyl groups is 1. The van der Waals surface area contributed by atoms with Crippen molar-refractivity contribution < 1.29 is 49.1 Å². The number of carbonyl (C=O) groups is 1. The van der Waals surface area contributed by atoms with E-state index < -0.39 is 99.0 Å². The third-order valence-electron chi connectivity index (χ3n) is 9.96. The highest BCUT2D eigenvalue weighted by Gasteiger charge is 2.72. The second kappa shape index (κ2) is 14.0. The second-order valence-electron chi connectivity index (χ2n) is 15.0. The number of halogens is 8. The summed E-state index contributed by atoms with van der Waals surface area (Å²) in [7, 11) is -2.36. The summed E-state index contributed by atoms with van der Waals surface area (Å²) < 4.78 is 131. The van der Waals surface area contributed by atoms with E-state index in [0.717, 1.165) is 18.4 Å². The largest absolute Gasteiger partial charge is 0.435 e. The van der Waals surface area contributed by atoms with Crippen LogP contribution in [-0.2, 0) is 46.9 Å². The molecule has 0 radical (unpaired) electrons. The molecular formula is C38H33ClF7N7O4S. The van der Waals surface area contributed by atoms with E-state index in [2.05, 4.69) is 37.1 Å². The van der Waals surface area contributed by atoms with Crippen molar-refractivity contribution in [3.8, 4) is 23.0 Å². The lowest BCUT2D eigenvalue weighted by molar-refractivity contribution is -0.142. The number of amides is 1. The molecule has 0 aliphatic heterocycles. The van der Waals surface area contributed by atoms with Gasteiger partial charge >= 0.3 is 6.18 Å². The Labute approximate surface area is 331 Å². The summed E-state index contributed by atoms with van der Waals surface area (Å²) in [5.41, 5.74) is -3.88. The topological polar surface area (TPSA) is 144 Å². The van der Waals surface area contributed by atoms with Crippen LogP contribution in [0.5, 0.6) is 0 Å². The molecule has 306 valence electrons. The molecule has 20 heteroatoms. The molecule has 7 rings (SSSR count). The average molecular weight is 852 g/mol. The van der Waals surface area contributed by atoms with Crippen LogP contribution in [0.4, 0.5) is 36.6 Å². The Bertz CT molecular complexity index is 2680. The number of aryl methyl sites for hydroxylation is 1. The third-order valence-corrected chi connectivity index (χ3v) is 10.8. The van der Waals surface area contributed by atoms with Gasteiger partial charge in [-0.2, -0.15) is 32.1 Å². The standard InChI is InChI=1S/C38H33ClF7N7O4S/c1-17-27-29-33(38(44,45)46)49-53(34(29)37(42,43)30(17)27)16-26(54)48-25(14-18-12-19(40)15-20(41)13-18)31-22(7-6-21(47-31)10-11-36(2,3)55)23-8-9-24(39)28-32(23)52(4)50-35(28)51-58(5,56)57/h6-9,12-13,15,17,25,27,30,55H,14,16H2,1-5H3,(H,48,54)(H,50,51)/t17-,25+,27-,30-/m1/s1. The maximum atomic E-state index is 15.6. The number of sulfonamides is 1. The summed E-state index contributed by atoms with van der Waals surface area (Å²) in [4.78, 5) is 18.6. The molecule has 2 aliphatic rings. The van der Waals surface area contributed by atoms with Crippen LogP contribution >= 0.6 is 11.6 Å². The number of hydrogen-bond donors (Lipinski definition) is 3. The van der Waals surface area contributed by atoms with Crippen LogP contribution in [0.15, 0.2) is 42.5 Å². The van der Waals surface area contributed by atoms with Crippen molar-refractivity contribution in [2.75, 3.05) is 11.0 Å². The molecule has 3 heterocycles. The van der Waals surface area contributed by atoms with Gasteiger partial charge in [-0.3, -0.25) is 18.9 Å². The van der Waals surface area contributed by atoms with E-state index >= 15 is 8.78 Å². The number of nitrogens with zero attached hydrogens (tertiary/aromatic N) is 5. The van der Waals surface area contributed by atoms with Crippen LogP contribution in [0, 0.1) is 35.3 Å². The van der Waals surface area contributed by atoms with E-state index in [-0.39, 0.29) is 44.3 Å². The van der Waals surface area contributed by atoms with Gasteiger partial charge in [0.25, 0.3) is 5.92 Å². The third kappa shape index (κ3) is 7.72. The molecule has 0 bridgehead atoms. The highest BCUT2D eigenvalue weighted by Crippen LogP contribution is 2.71. The summed E-state index contributed by atoms with van der Waals surface area (Å²) in [6.07, 6.45) is -4.59. The van der Waals surface area contributed by atoms with E-state index in [1.54, 1.807) is 6.07 Å². The minimum Gasteiger partial charge on any atom is -0.378 e. The summed E-state index contributed by atoms with van der Waals surface area (Å²) in [5.74, 6) is -4.77. The molecule has 5 aromatic rings. The van der Waals surface area contributed by atoms with Crippen LogP contribution in [-0.4, -0.2) is 55.8 Å². The molecule has 0 saturated heterocycles. The number of pyridine rings is 1. The highest BCUT2D eigenvalue weighted by molar-refractivity contribution is 7.92. The van der Waals surface area contributed by atoms with E-state index in [1.165, 1.54) is 50.7 Å². The highest BCUT2D eigenvalue weighted by atomic mass is 35.5. The Morgan fingerprint density at radius 3 is 2.34 bits per heavy atom. The van der Waals surface area contributed by atoms with Gasteiger partial charge in [0.2, 0.25) is 15.9 Å². The molecule has 0 unspecified atom stereocenters. The van der Waals surface area contributed by atoms with Crippen LogP contribution in [0.1, 0.15) is 66.6 Å². The number of hydrogen-bond acceptors (Lipinski definition) is 7. The predicted molar refractivity (Wildman–Crippen MR) is 198 cm³/mol. The van der Waals surface area contributed by atoms with Crippen LogP contribution < -0.4 is 10.0 Å². The van der Waals surface area contributed by atoms with Crippen molar-refractivity contribution >= 4 is 44.3 Å². The number of alkyl halides is 5. The SMILES string of the molecule is C[C@@H]1[C@@H]2c3c(C(F)(F)F)nn(CC(=O)N[C@@H](Cc4cc(F)cc(F)c4)c4nc(C#CC(C)(C)O)ccc4-c4ccc(Cl)c5c(NS(C)(=O)=O)nn(C)c45)c3C(F)(F)[C@H]12. The molecule has 2 aromatic carbocycles. The number of benzene rings is 2. The van der Waals surface area contributed by atoms with E-state index in [4.69, 9.17) is 11.6 Å². The lowest BCUT2D eigenvalue weighted by Gasteiger charge is -2.23. The van der Waals surface area contributed by atoms with Crippen LogP contribution in [0.3, 0.4) is 0 Å². The molecule has 1 fully saturated rings. The molecule has 3 aromatic heterocycles. The van der Waals surface area contributed by atoms with Gasteiger partial charge in [0.15, 0.2) is 11.5 Å². The maximum absolute atomic E-state index is 15.6. The Hall–Kier alpha value is -5.19. The van der Waals surface area contributed by atoms with E-state index in [0.29, 0.717) is 16.3 Å². The maximum Gasteiger partial charge on any atom is 0.435 e. The fourth-order valence-corrected chi connectivity index (χ4v) is 8.48. The molecule has 1 saturated carbocycles. The van der Waals surface area contributed by atoms with Crippen molar-refractivity contribution in [3.63, 3.8) is 0 Å². The van der Waals surface area contributed by atoms with Gasteiger partial charge in [0.1, 0.15) is 35.2 Å². The first-order valence-corrected chi connectivity index (χ1v) is 19.8. The lowest BCUT2D eigenvalue weighted by atomic mass is 9.93. The van der Waals surface area contributed by atoms with Crippen LogP contribution in [0.25, 0.3) is 22.0 Å². The van der Waals surface area contributed by atoms with Crippen molar-refractivity contribution in [1.82, 2.24) is 29.9 Å². The summed E-state index contributed by atoms with van der Waals surface area (Å²) in [6.45, 7) is 3.14. The number of nitrogens with one attached hydrogen (secondary N) is 2. The average Bonchev–Trinajstić information content (AvgIpc) is 3.31. The first-order valence-electron chi connectivity index (χ1n) is 17.5. The number of carbonyl (C=O) groups excluding carboxylic acids is 1. The molecule has 0 spiro atoms. The van der Waals surface area contributed by atoms with Gasteiger partial charge in [0, 0.05) is 41.6 Å². The van der Waals surface area contributed by atoms with Crippen molar-refractivity contribution in [3.05, 3.63) is 93.0 Å². The molecular weight excluding hydrogens is 819 g/mol. The normalized spacial score (nSPS) is 19.0. The quantitative estimate of drug-likeness (QED) is 0.109. The zero-order chi connectivity index (χ0) is 42.4. The Morgan fingerprint density at radius 1 is 1.07 bits per heavy atom. The number of fused-ring (bicyclic) bond motifs is 4. The molecule has 4 atom stereocenters. The predicted octanol–water partition coefficient (Wildman–Crippen LogP) is 6.83. The Morgan fingerprint density at radius 2 is 1.72 bits per heavy atom. The van der Waals surface area contributed by atoms with Gasteiger partial charge in [0.05, 0.1) is 33.9 Å². The van der Waals surface area contributed by atoms with Gasteiger partial charge in [-0.25, -0.2) is 22.2 Å². The first-order chi connectivity index (χ1) is 26.8. The number of aromatic nitrogens is 5. The van der Waals surface area contributed by atoms with E-state index in [9.17, 15) is 40.3 Å². The Kier molecular flexibility index (Phi) is 9.88. The fraction of sp³-hybridized carbons (Fsp3) is 0.368. The minimum absolute atomic E-state index is 0.00935.